The SMILES string of the molecule is CCOC(C)C(N)Cc1ccccc1C(F)(F)F. The third-order valence-corrected chi connectivity index (χ3v) is 2.81. The van der Waals surface area contributed by atoms with Crippen molar-refractivity contribution in [3.05, 3.63) is 35.4 Å². The van der Waals surface area contributed by atoms with E-state index in [2.05, 4.69) is 0 Å². The second-order valence-electron chi connectivity index (χ2n) is 4.18. The van der Waals surface area contributed by atoms with Crippen LogP contribution in [0.1, 0.15) is 25.0 Å². The summed E-state index contributed by atoms with van der Waals surface area (Å²) in [5.74, 6) is 0. The molecular formula is C13H18F3NO. The molecule has 2 unspecified atom stereocenters. The number of hydrogen-bond acceptors (Lipinski definition) is 2. The highest BCUT2D eigenvalue weighted by molar-refractivity contribution is 5.30. The van der Waals surface area contributed by atoms with Gasteiger partial charge in [0.1, 0.15) is 0 Å². The number of benzene rings is 1. The molecule has 0 radical (unpaired) electrons. The summed E-state index contributed by atoms with van der Waals surface area (Å²) in [6, 6.07) is 5.05. The number of halogens is 3. The molecule has 0 fully saturated rings. The lowest BCUT2D eigenvalue weighted by Gasteiger charge is -2.21. The Morgan fingerprint density at radius 1 is 1.28 bits per heavy atom. The van der Waals surface area contributed by atoms with Crippen LogP contribution in [0.3, 0.4) is 0 Å². The molecule has 0 heterocycles. The molecule has 1 aromatic rings. The minimum Gasteiger partial charge on any atom is -0.377 e. The molecule has 18 heavy (non-hydrogen) atoms. The van der Waals surface area contributed by atoms with Gasteiger partial charge in [0, 0.05) is 12.6 Å². The van der Waals surface area contributed by atoms with E-state index in [1.165, 1.54) is 12.1 Å². The summed E-state index contributed by atoms with van der Waals surface area (Å²) >= 11 is 0. The van der Waals surface area contributed by atoms with E-state index in [9.17, 15) is 13.2 Å². The largest absolute Gasteiger partial charge is 0.416 e. The number of ether oxygens (including phenoxy) is 1. The number of alkyl halides is 3. The van der Waals surface area contributed by atoms with Gasteiger partial charge in [-0.3, -0.25) is 0 Å². The van der Waals surface area contributed by atoms with Crippen molar-refractivity contribution in [1.82, 2.24) is 0 Å². The fourth-order valence-corrected chi connectivity index (χ4v) is 1.78. The van der Waals surface area contributed by atoms with Crippen molar-refractivity contribution in [3.63, 3.8) is 0 Å². The van der Waals surface area contributed by atoms with Gasteiger partial charge in [0.25, 0.3) is 0 Å². The van der Waals surface area contributed by atoms with Gasteiger partial charge in [0.15, 0.2) is 0 Å². The average molecular weight is 261 g/mol. The van der Waals surface area contributed by atoms with Gasteiger partial charge in [-0.15, -0.1) is 0 Å². The molecule has 0 saturated carbocycles. The Labute approximate surface area is 105 Å². The van der Waals surface area contributed by atoms with Crippen molar-refractivity contribution < 1.29 is 17.9 Å². The van der Waals surface area contributed by atoms with Gasteiger partial charge in [-0.25, -0.2) is 0 Å². The van der Waals surface area contributed by atoms with Crippen LogP contribution in [-0.4, -0.2) is 18.8 Å². The van der Waals surface area contributed by atoms with E-state index in [4.69, 9.17) is 10.5 Å². The molecule has 0 aromatic heterocycles. The highest BCUT2D eigenvalue weighted by Crippen LogP contribution is 2.32. The van der Waals surface area contributed by atoms with E-state index in [1.54, 1.807) is 13.0 Å². The number of rotatable bonds is 5. The van der Waals surface area contributed by atoms with E-state index in [1.807, 2.05) is 6.92 Å². The lowest BCUT2D eigenvalue weighted by atomic mass is 9.98. The van der Waals surface area contributed by atoms with E-state index in [0.29, 0.717) is 6.61 Å². The summed E-state index contributed by atoms with van der Waals surface area (Å²) in [5, 5.41) is 0. The quantitative estimate of drug-likeness (QED) is 0.884. The summed E-state index contributed by atoms with van der Waals surface area (Å²) in [6.07, 6.45) is -4.46. The van der Waals surface area contributed by atoms with Crippen molar-refractivity contribution in [2.45, 2.75) is 38.6 Å². The molecule has 0 bridgehead atoms. The van der Waals surface area contributed by atoms with Crippen LogP contribution >= 0.6 is 0 Å². The zero-order chi connectivity index (χ0) is 13.8. The molecule has 0 saturated heterocycles. The molecule has 0 spiro atoms. The van der Waals surface area contributed by atoms with E-state index >= 15 is 0 Å². The Morgan fingerprint density at radius 3 is 2.44 bits per heavy atom. The Hall–Kier alpha value is -1.07. The zero-order valence-electron chi connectivity index (χ0n) is 10.5. The topological polar surface area (TPSA) is 35.2 Å². The smallest absolute Gasteiger partial charge is 0.377 e. The summed E-state index contributed by atoms with van der Waals surface area (Å²) in [4.78, 5) is 0. The van der Waals surface area contributed by atoms with Crippen LogP contribution < -0.4 is 5.73 Å². The summed E-state index contributed by atoms with van der Waals surface area (Å²) in [5.41, 5.74) is 5.45. The predicted octanol–water partition coefficient (Wildman–Crippen LogP) is 3.00. The first kappa shape index (κ1) is 15.0. The maximum absolute atomic E-state index is 12.8. The lowest BCUT2D eigenvalue weighted by Crippen LogP contribution is -2.37. The highest BCUT2D eigenvalue weighted by atomic mass is 19.4. The molecule has 0 aliphatic carbocycles. The van der Waals surface area contributed by atoms with Gasteiger partial charge in [-0.1, -0.05) is 18.2 Å². The average Bonchev–Trinajstić information content (AvgIpc) is 2.28. The molecule has 1 rings (SSSR count). The predicted molar refractivity (Wildman–Crippen MR) is 64.2 cm³/mol. The van der Waals surface area contributed by atoms with Crippen molar-refractivity contribution in [3.8, 4) is 0 Å². The molecule has 2 N–H and O–H groups in total. The first-order valence-electron chi connectivity index (χ1n) is 5.88. The molecule has 2 atom stereocenters. The standard InChI is InChI=1S/C13H18F3NO/c1-3-18-9(2)12(17)8-10-6-4-5-7-11(10)13(14,15)16/h4-7,9,12H,3,8,17H2,1-2H3. The second kappa shape index (κ2) is 6.20. The van der Waals surface area contributed by atoms with Crippen LogP contribution in [0.15, 0.2) is 24.3 Å². The molecule has 5 heteroatoms. The summed E-state index contributed by atoms with van der Waals surface area (Å²) in [7, 11) is 0. The van der Waals surface area contributed by atoms with Crippen molar-refractivity contribution in [2.24, 2.45) is 5.73 Å². The fourth-order valence-electron chi connectivity index (χ4n) is 1.78. The van der Waals surface area contributed by atoms with E-state index in [-0.39, 0.29) is 18.1 Å². The van der Waals surface area contributed by atoms with Gasteiger partial charge in [-0.2, -0.15) is 13.2 Å². The number of hydrogen-bond donors (Lipinski definition) is 1. The van der Waals surface area contributed by atoms with Gasteiger partial charge in [0.05, 0.1) is 11.7 Å². The second-order valence-corrected chi connectivity index (χ2v) is 4.18. The minimum atomic E-state index is -4.34. The maximum Gasteiger partial charge on any atom is 0.416 e. The molecule has 0 aliphatic heterocycles. The minimum absolute atomic E-state index is 0.150. The lowest BCUT2D eigenvalue weighted by molar-refractivity contribution is -0.138. The third-order valence-electron chi connectivity index (χ3n) is 2.81. The third kappa shape index (κ3) is 3.99. The monoisotopic (exact) mass is 261 g/mol. The number of nitrogens with two attached hydrogens (primary N) is 1. The van der Waals surface area contributed by atoms with Gasteiger partial charge >= 0.3 is 6.18 Å². The van der Waals surface area contributed by atoms with Crippen molar-refractivity contribution in [1.29, 1.82) is 0 Å². The molecule has 102 valence electrons. The summed E-state index contributed by atoms with van der Waals surface area (Å²) < 4.78 is 43.6. The first-order valence-corrected chi connectivity index (χ1v) is 5.88. The molecule has 1 aromatic carbocycles. The Balaban J connectivity index is 2.85. The fraction of sp³-hybridized carbons (Fsp3) is 0.538. The van der Waals surface area contributed by atoms with Crippen molar-refractivity contribution >= 4 is 0 Å². The van der Waals surface area contributed by atoms with Crippen molar-refractivity contribution in [2.75, 3.05) is 6.61 Å². The molecule has 0 amide bonds. The normalized spacial score (nSPS) is 15.4. The van der Waals surface area contributed by atoms with Crippen LogP contribution in [0, 0.1) is 0 Å². The van der Waals surface area contributed by atoms with Crippen LogP contribution in [0.5, 0.6) is 0 Å². The van der Waals surface area contributed by atoms with E-state index in [0.717, 1.165) is 6.07 Å². The highest BCUT2D eigenvalue weighted by Gasteiger charge is 2.33. The summed E-state index contributed by atoms with van der Waals surface area (Å²) in [6.45, 7) is 4.09. The Bertz CT molecular complexity index is 379. The first-order chi connectivity index (χ1) is 8.36. The molecular weight excluding hydrogens is 243 g/mol. The van der Waals surface area contributed by atoms with Crippen LogP contribution in [-0.2, 0) is 17.3 Å². The van der Waals surface area contributed by atoms with Crippen LogP contribution in [0.2, 0.25) is 0 Å². The van der Waals surface area contributed by atoms with Gasteiger partial charge in [0.2, 0.25) is 0 Å². The zero-order valence-corrected chi connectivity index (χ0v) is 10.5. The van der Waals surface area contributed by atoms with Crippen LogP contribution in [0.25, 0.3) is 0 Å². The molecule has 0 aliphatic rings. The van der Waals surface area contributed by atoms with Crippen LogP contribution in [0.4, 0.5) is 13.2 Å². The van der Waals surface area contributed by atoms with Gasteiger partial charge < -0.3 is 10.5 Å². The Kier molecular flexibility index (Phi) is 5.16. The van der Waals surface area contributed by atoms with E-state index < -0.39 is 17.8 Å². The van der Waals surface area contributed by atoms with Gasteiger partial charge in [-0.05, 0) is 31.9 Å². The Morgan fingerprint density at radius 2 is 1.89 bits per heavy atom. The maximum atomic E-state index is 12.8. The molecule has 2 nitrogen and oxygen atoms in total.